The number of carbonyl (C=O) groups excluding carboxylic acids is 2. The van der Waals surface area contributed by atoms with Gasteiger partial charge in [-0.25, -0.2) is 4.99 Å². The van der Waals surface area contributed by atoms with Crippen LogP contribution in [0.25, 0.3) is 0 Å². The first kappa shape index (κ1) is 21.2. The Morgan fingerprint density at radius 2 is 2.10 bits per heavy atom. The number of methoxy groups -OCH3 is 1. The highest BCUT2D eigenvalue weighted by Gasteiger charge is 2.41. The lowest BCUT2D eigenvalue weighted by atomic mass is 9.79. The number of allylic oxidation sites excluding steroid dienone is 1. The lowest BCUT2D eigenvalue weighted by Crippen LogP contribution is -2.36. The first-order chi connectivity index (χ1) is 14.5. The molecule has 0 radical (unpaired) electrons. The SMILES string of the molecule is COc1ccccc1NC(=O)C1C(C)=NC(SCC(N)=O)=C(C#N)[C@@H]1c1ccco1. The van der Waals surface area contributed by atoms with Crippen LogP contribution in [0.15, 0.2) is 62.7 Å². The second-order valence-electron chi connectivity index (χ2n) is 6.50. The van der Waals surface area contributed by atoms with Crippen molar-refractivity contribution in [2.45, 2.75) is 12.8 Å². The number of hydrogen-bond donors (Lipinski definition) is 2. The molecule has 2 amide bonds. The largest absolute Gasteiger partial charge is 0.495 e. The molecule has 3 N–H and O–H groups in total. The van der Waals surface area contributed by atoms with Crippen LogP contribution in [0.4, 0.5) is 5.69 Å². The van der Waals surface area contributed by atoms with E-state index in [1.54, 1.807) is 43.3 Å². The zero-order valence-corrected chi connectivity index (χ0v) is 17.2. The van der Waals surface area contributed by atoms with Crippen LogP contribution < -0.4 is 15.8 Å². The molecule has 0 saturated heterocycles. The van der Waals surface area contributed by atoms with Crippen molar-refractivity contribution >= 4 is 35.0 Å². The molecule has 0 saturated carbocycles. The van der Waals surface area contributed by atoms with Crippen molar-refractivity contribution in [2.24, 2.45) is 16.6 Å². The van der Waals surface area contributed by atoms with E-state index in [0.29, 0.717) is 27.9 Å². The molecule has 1 aromatic heterocycles. The second kappa shape index (κ2) is 9.33. The Morgan fingerprint density at radius 3 is 2.73 bits per heavy atom. The van der Waals surface area contributed by atoms with Gasteiger partial charge >= 0.3 is 0 Å². The van der Waals surface area contributed by atoms with Crippen LogP contribution in [0.2, 0.25) is 0 Å². The number of hydrogen-bond acceptors (Lipinski definition) is 7. The molecule has 1 aliphatic heterocycles. The summed E-state index contributed by atoms with van der Waals surface area (Å²) in [7, 11) is 1.52. The Bertz CT molecular complexity index is 1050. The van der Waals surface area contributed by atoms with Gasteiger partial charge in [-0.2, -0.15) is 5.26 Å². The number of ether oxygens (including phenoxy) is 1. The second-order valence-corrected chi connectivity index (χ2v) is 7.46. The van der Waals surface area contributed by atoms with Gasteiger partial charge in [0.25, 0.3) is 0 Å². The summed E-state index contributed by atoms with van der Waals surface area (Å²) in [6.45, 7) is 1.71. The van der Waals surface area contributed by atoms with Gasteiger partial charge in [-0.05, 0) is 31.2 Å². The fraction of sp³-hybridized carbons (Fsp3) is 0.238. The molecule has 2 heterocycles. The highest BCUT2D eigenvalue weighted by atomic mass is 32.2. The summed E-state index contributed by atoms with van der Waals surface area (Å²) in [5.74, 6) is -1.41. The molecule has 1 unspecified atom stereocenters. The molecule has 1 aliphatic rings. The van der Waals surface area contributed by atoms with Crippen LogP contribution in [-0.2, 0) is 9.59 Å². The number of nitriles is 1. The number of furan rings is 1. The third-order valence-corrected chi connectivity index (χ3v) is 5.58. The molecule has 0 aliphatic carbocycles. The summed E-state index contributed by atoms with van der Waals surface area (Å²) < 4.78 is 10.9. The Morgan fingerprint density at radius 1 is 1.33 bits per heavy atom. The maximum absolute atomic E-state index is 13.3. The lowest BCUT2D eigenvalue weighted by Gasteiger charge is -2.29. The van der Waals surface area contributed by atoms with Crippen molar-refractivity contribution in [1.82, 2.24) is 0 Å². The summed E-state index contributed by atoms with van der Waals surface area (Å²) in [5, 5.41) is 13.1. The first-order valence-electron chi connectivity index (χ1n) is 9.04. The van der Waals surface area contributed by atoms with Gasteiger partial charge in [-0.3, -0.25) is 9.59 Å². The minimum atomic E-state index is -0.784. The maximum atomic E-state index is 13.3. The van der Waals surface area contributed by atoms with Crippen molar-refractivity contribution in [3.8, 4) is 11.8 Å². The number of anilines is 1. The molecular formula is C21H20N4O4S. The summed E-state index contributed by atoms with van der Waals surface area (Å²) in [5.41, 5.74) is 6.49. The van der Waals surface area contributed by atoms with Crippen molar-refractivity contribution in [3.05, 3.63) is 59.0 Å². The Kier molecular flexibility index (Phi) is 6.59. The lowest BCUT2D eigenvalue weighted by molar-refractivity contribution is -0.118. The van der Waals surface area contributed by atoms with Gasteiger partial charge in [0.2, 0.25) is 11.8 Å². The maximum Gasteiger partial charge on any atom is 0.234 e. The molecule has 3 rings (SSSR count). The third-order valence-electron chi connectivity index (χ3n) is 4.57. The van der Waals surface area contributed by atoms with Crippen LogP contribution >= 0.6 is 11.8 Å². The van der Waals surface area contributed by atoms with Gasteiger partial charge in [0.15, 0.2) is 0 Å². The molecule has 154 valence electrons. The number of nitrogens with one attached hydrogen (secondary N) is 1. The van der Waals surface area contributed by atoms with E-state index in [0.717, 1.165) is 11.8 Å². The molecular weight excluding hydrogens is 404 g/mol. The number of aliphatic imine (C=N–C) groups is 1. The van der Waals surface area contributed by atoms with E-state index >= 15 is 0 Å². The number of amides is 2. The summed E-state index contributed by atoms with van der Waals surface area (Å²) in [4.78, 5) is 29.0. The number of benzene rings is 1. The molecule has 1 aromatic carbocycles. The topological polar surface area (TPSA) is 131 Å². The average molecular weight is 424 g/mol. The van der Waals surface area contributed by atoms with Gasteiger partial charge in [0, 0.05) is 5.71 Å². The summed E-state index contributed by atoms with van der Waals surface area (Å²) in [6.07, 6.45) is 1.48. The van der Waals surface area contributed by atoms with Gasteiger partial charge < -0.3 is 20.2 Å². The number of primary amides is 1. The number of thioether (sulfide) groups is 1. The Hall–Kier alpha value is -3.51. The highest BCUT2D eigenvalue weighted by molar-refractivity contribution is 8.03. The van der Waals surface area contributed by atoms with Gasteiger partial charge in [0.05, 0.1) is 48.3 Å². The van der Waals surface area contributed by atoms with Crippen LogP contribution in [-0.4, -0.2) is 30.4 Å². The molecule has 2 atom stereocenters. The smallest absolute Gasteiger partial charge is 0.234 e. The van der Waals surface area contributed by atoms with Crippen molar-refractivity contribution in [1.29, 1.82) is 5.26 Å². The minimum Gasteiger partial charge on any atom is -0.495 e. The average Bonchev–Trinajstić information content (AvgIpc) is 3.26. The molecule has 30 heavy (non-hydrogen) atoms. The van der Waals surface area contributed by atoms with E-state index in [2.05, 4.69) is 16.4 Å². The molecule has 8 nitrogen and oxygen atoms in total. The normalized spacial score (nSPS) is 18.4. The zero-order chi connectivity index (χ0) is 21.7. The van der Waals surface area contributed by atoms with Gasteiger partial charge in [-0.1, -0.05) is 23.9 Å². The summed E-state index contributed by atoms with van der Waals surface area (Å²) >= 11 is 1.07. The fourth-order valence-corrected chi connectivity index (χ4v) is 4.09. The fourth-order valence-electron chi connectivity index (χ4n) is 3.27. The minimum absolute atomic E-state index is 0.0275. The molecule has 9 heteroatoms. The van der Waals surface area contributed by atoms with Crippen molar-refractivity contribution in [2.75, 3.05) is 18.2 Å². The van der Waals surface area contributed by atoms with Gasteiger partial charge in [-0.15, -0.1) is 0 Å². The van der Waals surface area contributed by atoms with Crippen LogP contribution in [0, 0.1) is 17.2 Å². The number of rotatable bonds is 7. The molecule has 0 fully saturated rings. The van der Waals surface area contributed by atoms with Crippen LogP contribution in [0.5, 0.6) is 5.75 Å². The molecule has 0 spiro atoms. The predicted octanol–water partition coefficient (Wildman–Crippen LogP) is 3.05. The van der Waals surface area contributed by atoms with E-state index in [4.69, 9.17) is 14.9 Å². The summed E-state index contributed by atoms with van der Waals surface area (Å²) in [6, 6.07) is 12.6. The monoisotopic (exact) mass is 424 g/mol. The molecule has 2 aromatic rings. The Balaban J connectivity index is 2.01. The van der Waals surface area contributed by atoms with Crippen molar-refractivity contribution < 1.29 is 18.7 Å². The number of carbonyl (C=O) groups is 2. The Labute approximate surface area is 177 Å². The first-order valence-corrected chi connectivity index (χ1v) is 10.0. The third kappa shape index (κ3) is 4.39. The van der Waals surface area contributed by atoms with E-state index in [-0.39, 0.29) is 17.2 Å². The standard InChI is InChI=1S/C21H20N4O4S/c1-12-18(20(27)25-14-6-3-4-7-15(14)28-2)19(16-8-5-9-29-16)13(10-22)21(24-12)30-11-17(23)26/h3-9,18-19H,11H2,1-2H3,(H2,23,26)(H,25,27)/t18?,19-/m1/s1. The zero-order valence-electron chi connectivity index (χ0n) is 16.4. The predicted molar refractivity (Wildman–Crippen MR) is 114 cm³/mol. The van der Waals surface area contributed by atoms with Gasteiger partial charge in [0.1, 0.15) is 16.5 Å². The van der Waals surface area contributed by atoms with E-state index in [1.165, 1.54) is 13.4 Å². The van der Waals surface area contributed by atoms with E-state index in [1.807, 2.05) is 0 Å². The van der Waals surface area contributed by atoms with Crippen molar-refractivity contribution in [3.63, 3.8) is 0 Å². The molecule has 0 bridgehead atoms. The number of para-hydroxylation sites is 2. The number of nitrogens with two attached hydrogens (primary N) is 1. The highest BCUT2D eigenvalue weighted by Crippen LogP contribution is 2.42. The van der Waals surface area contributed by atoms with Crippen LogP contribution in [0.1, 0.15) is 18.6 Å². The number of nitrogens with zero attached hydrogens (tertiary/aromatic N) is 2. The van der Waals surface area contributed by atoms with E-state index < -0.39 is 17.7 Å². The van der Waals surface area contributed by atoms with E-state index in [9.17, 15) is 14.9 Å². The van der Waals surface area contributed by atoms with Crippen LogP contribution in [0.3, 0.4) is 0 Å². The quantitative estimate of drug-likeness (QED) is 0.702.